The van der Waals surface area contributed by atoms with Gasteiger partial charge in [-0.3, -0.25) is 14.4 Å². The minimum atomic E-state index is -0.847. The highest BCUT2D eigenvalue weighted by molar-refractivity contribution is 5.71. The zero-order valence-corrected chi connectivity index (χ0v) is 41.6. The highest BCUT2D eigenvalue weighted by Gasteiger charge is 2.19. The van der Waals surface area contributed by atoms with Gasteiger partial charge in [-0.25, -0.2) is 0 Å². The van der Waals surface area contributed by atoms with Gasteiger partial charge in [-0.05, 0) is 103 Å². The third-order valence-corrected chi connectivity index (χ3v) is 9.94. The van der Waals surface area contributed by atoms with Gasteiger partial charge >= 0.3 is 17.9 Å². The Hall–Kier alpha value is -4.97. The van der Waals surface area contributed by atoms with Crippen LogP contribution in [0, 0.1) is 0 Å². The smallest absolute Gasteiger partial charge is 0.306 e. The summed E-state index contributed by atoms with van der Waals surface area (Å²) in [6, 6.07) is 0. The molecule has 0 aromatic rings. The van der Waals surface area contributed by atoms with Crippen molar-refractivity contribution in [2.24, 2.45) is 0 Å². The van der Waals surface area contributed by atoms with Gasteiger partial charge in [-0.15, -0.1) is 0 Å². The molecule has 66 heavy (non-hydrogen) atoms. The summed E-state index contributed by atoms with van der Waals surface area (Å²) in [4.78, 5) is 37.9. The minimum Gasteiger partial charge on any atom is -0.462 e. The molecule has 0 aromatic heterocycles. The van der Waals surface area contributed by atoms with Crippen LogP contribution in [0.15, 0.2) is 158 Å². The average Bonchev–Trinajstić information content (AvgIpc) is 3.31. The monoisotopic (exact) mass is 907 g/mol. The maximum Gasteiger partial charge on any atom is 0.306 e. The molecule has 0 heterocycles. The van der Waals surface area contributed by atoms with Crippen molar-refractivity contribution in [1.82, 2.24) is 0 Å². The Morgan fingerprint density at radius 1 is 0.333 bits per heavy atom. The van der Waals surface area contributed by atoms with E-state index < -0.39 is 12.1 Å². The molecule has 6 nitrogen and oxygen atoms in total. The van der Waals surface area contributed by atoms with Crippen LogP contribution in [0.1, 0.15) is 181 Å². The lowest BCUT2D eigenvalue weighted by Gasteiger charge is -2.18. The molecule has 0 radical (unpaired) electrons. The minimum absolute atomic E-state index is 0.141. The lowest BCUT2D eigenvalue weighted by atomic mass is 10.1. The average molecular weight is 907 g/mol. The maximum absolute atomic E-state index is 12.8. The van der Waals surface area contributed by atoms with Crippen molar-refractivity contribution in [3.63, 3.8) is 0 Å². The van der Waals surface area contributed by atoms with Gasteiger partial charge in [0.1, 0.15) is 13.2 Å². The number of carbonyl (C=O) groups excluding carboxylic acids is 3. The SMILES string of the molecule is CC\C=C/C=C\C=C/C=C\C=C\C=C/C=C\CCCCCC(=O)OCC(COC(=O)CCCC/C=C\C/C=C\C/C=C\CC)OC(=O)CCC/C=C\C/C=C\C/C=C\CCCCCCCC. The third-order valence-electron chi connectivity index (χ3n) is 9.94. The molecule has 0 aliphatic carbocycles. The number of unbranched alkanes of at least 4 members (excludes halogenated alkanes) is 12. The number of hydrogen-bond donors (Lipinski definition) is 0. The van der Waals surface area contributed by atoms with Crippen molar-refractivity contribution < 1.29 is 28.6 Å². The Morgan fingerprint density at radius 2 is 0.682 bits per heavy atom. The summed E-state index contributed by atoms with van der Waals surface area (Å²) in [7, 11) is 0. The Bertz CT molecular complexity index is 1560. The Balaban J connectivity index is 4.64. The third kappa shape index (κ3) is 50.0. The number of esters is 3. The molecule has 366 valence electrons. The summed E-state index contributed by atoms with van der Waals surface area (Å²) >= 11 is 0. The van der Waals surface area contributed by atoms with Gasteiger partial charge in [-0.1, -0.05) is 217 Å². The van der Waals surface area contributed by atoms with Gasteiger partial charge < -0.3 is 14.2 Å². The van der Waals surface area contributed by atoms with E-state index in [9.17, 15) is 14.4 Å². The van der Waals surface area contributed by atoms with E-state index in [1.165, 1.54) is 44.9 Å². The van der Waals surface area contributed by atoms with Gasteiger partial charge in [-0.2, -0.15) is 0 Å². The van der Waals surface area contributed by atoms with E-state index >= 15 is 0 Å². The van der Waals surface area contributed by atoms with Crippen molar-refractivity contribution in [3.05, 3.63) is 158 Å². The van der Waals surface area contributed by atoms with Gasteiger partial charge in [0, 0.05) is 19.3 Å². The number of hydrogen-bond acceptors (Lipinski definition) is 6. The number of allylic oxidation sites excluding steroid dienone is 26. The second-order valence-corrected chi connectivity index (χ2v) is 16.1. The fraction of sp³-hybridized carbons (Fsp3) is 0.517. The van der Waals surface area contributed by atoms with Crippen molar-refractivity contribution >= 4 is 17.9 Å². The fourth-order valence-corrected chi connectivity index (χ4v) is 6.16. The molecule has 0 spiro atoms. The molecule has 0 bridgehead atoms. The van der Waals surface area contributed by atoms with E-state index in [0.717, 1.165) is 77.0 Å². The Labute approximate surface area is 403 Å². The first-order chi connectivity index (χ1) is 32.5. The molecule has 1 atom stereocenters. The summed E-state index contributed by atoms with van der Waals surface area (Å²) in [6.45, 7) is 6.22. The predicted octanol–water partition coefficient (Wildman–Crippen LogP) is 17.0. The van der Waals surface area contributed by atoms with Gasteiger partial charge in [0.2, 0.25) is 0 Å². The molecule has 1 unspecified atom stereocenters. The highest BCUT2D eigenvalue weighted by atomic mass is 16.6. The normalized spacial score (nSPS) is 13.4. The van der Waals surface area contributed by atoms with E-state index in [4.69, 9.17) is 14.2 Å². The second kappa shape index (κ2) is 52.7. The summed E-state index contributed by atoms with van der Waals surface area (Å²) in [5.74, 6) is -1.09. The summed E-state index contributed by atoms with van der Waals surface area (Å²) < 4.78 is 16.7. The largest absolute Gasteiger partial charge is 0.462 e. The second-order valence-electron chi connectivity index (χ2n) is 16.1. The van der Waals surface area contributed by atoms with Crippen LogP contribution in [0.2, 0.25) is 0 Å². The molecule has 6 heteroatoms. The van der Waals surface area contributed by atoms with Crippen LogP contribution >= 0.6 is 0 Å². The van der Waals surface area contributed by atoms with Crippen LogP contribution in [-0.2, 0) is 28.6 Å². The standard InChI is InChI=1S/C60H90O6/c1-4-7-10-13-16-19-22-25-27-29-30-32-33-35-38-41-44-47-50-53-59(62)65-56-57(55-64-58(61)52-49-46-43-40-37-24-21-18-15-12-9-6-3)66-60(63)54-51-48-45-42-39-36-34-31-28-26-23-20-17-14-11-8-5-2/h7,9-10,12-13,16,18-19,21-22,25-30,32-38,40,42,45,57H,4-6,8,11,14-15,17,20,23-24,31,39,41,43-44,46-56H2,1-3H3/b10-7-,12-9-,16-13-,21-18-,22-19-,27-25-,28-26-,30-29+,33-32-,36-34-,38-35-,40-37-,45-42-. The van der Waals surface area contributed by atoms with E-state index in [-0.39, 0.29) is 44.4 Å². The molecule has 0 rings (SSSR count). The molecular formula is C60H90O6. The zero-order valence-electron chi connectivity index (χ0n) is 41.6. The predicted molar refractivity (Wildman–Crippen MR) is 283 cm³/mol. The van der Waals surface area contributed by atoms with Crippen molar-refractivity contribution in [1.29, 1.82) is 0 Å². The number of ether oxygens (including phenoxy) is 3. The van der Waals surface area contributed by atoms with Crippen LogP contribution in [-0.4, -0.2) is 37.2 Å². The van der Waals surface area contributed by atoms with Crippen LogP contribution in [0.5, 0.6) is 0 Å². The topological polar surface area (TPSA) is 78.9 Å². The molecule has 0 N–H and O–H groups in total. The van der Waals surface area contributed by atoms with Gasteiger partial charge in [0.15, 0.2) is 6.10 Å². The number of rotatable bonds is 43. The fourth-order valence-electron chi connectivity index (χ4n) is 6.16. The van der Waals surface area contributed by atoms with Crippen molar-refractivity contribution in [2.45, 2.75) is 187 Å². The summed E-state index contributed by atoms with van der Waals surface area (Å²) in [5, 5.41) is 0. The van der Waals surface area contributed by atoms with Crippen LogP contribution in [0.25, 0.3) is 0 Å². The van der Waals surface area contributed by atoms with Gasteiger partial charge in [0.25, 0.3) is 0 Å². The lowest BCUT2D eigenvalue weighted by Crippen LogP contribution is -2.30. The molecule has 0 aliphatic heterocycles. The summed E-state index contributed by atoms with van der Waals surface area (Å²) in [6.07, 6.45) is 76.6. The van der Waals surface area contributed by atoms with Crippen molar-refractivity contribution in [2.75, 3.05) is 13.2 Å². The lowest BCUT2D eigenvalue weighted by molar-refractivity contribution is -0.167. The first kappa shape index (κ1) is 61.0. The molecule has 0 amide bonds. The van der Waals surface area contributed by atoms with Crippen LogP contribution in [0.3, 0.4) is 0 Å². The molecule has 0 saturated heterocycles. The highest BCUT2D eigenvalue weighted by Crippen LogP contribution is 2.10. The molecule has 0 aromatic carbocycles. The molecule has 0 saturated carbocycles. The van der Waals surface area contributed by atoms with Crippen LogP contribution in [0.4, 0.5) is 0 Å². The van der Waals surface area contributed by atoms with Crippen LogP contribution < -0.4 is 0 Å². The maximum atomic E-state index is 12.8. The van der Waals surface area contributed by atoms with Gasteiger partial charge in [0.05, 0.1) is 0 Å². The first-order valence-electron chi connectivity index (χ1n) is 25.6. The number of carbonyl (C=O) groups is 3. The van der Waals surface area contributed by atoms with Crippen molar-refractivity contribution in [3.8, 4) is 0 Å². The van der Waals surface area contributed by atoms with E-state index in [1.54, 1.807) is 0 Å². The van der Waals surface area contributed by atoms with E-state index in [0.29, 0.717) is 19.3 Å². The van der Waals surface area contributed by atoms with E-state index in [1.807, 2.05) is 72.9 Å². The quantitative estimate of drug-likeness (QED) is 0.0199. The molecule has 0 fully saturated rings. The summed E-state index contributed by atoms with van der Waals surface area (Å²) in [5.41, 5.74) is 0. The van der Waals surface area contributed by atoms with E-state index in [2.05, 4.69) is 106 Å². The zero-order chi connectivity index (χ0) is 47.9. The first-order valence-corrected chi connectivity index (χ1v) is 25.6. The Kier molecular flexibility index (Phi) is 48.7. The Morgan fingerprint density at radius 3 is 1.18 bits per heavy atom. The molecular weight excluding hydrogens is 817 g/mol. The molecule has 0 aliphatic rings.